The highest BCUT2D eigenvalue weighted by atomic mass is 79.9. The molecule has 0 aromatic heterocycles. The van der Waals surface area contributed by atoms with E-state index in [0.29, 0.717) is 6.61 Å². The van der Waals surface area contributed by atoms with E-state index >= 15 is 0 Å². The molecule has 0 fully saturated rings. The Balaban J connectivity index is 2.91. The van der Waals surface area contributed by atoms with Crippen LogP contribution in [0.5, 0.6) is 0 Å². The summed E-state index contributed by atoms with van der Waals surface area (Å²) in [6, 6.07) is 7.51. The van der Waals surface area contributed by atoms with E-state index in [2.05, 4.69) is 35.1 Å². The number of esters is 1. The summed E-state index contributed by atoms with van der Waals surface area (Å²) in [5.74, 6) is 0.0955. The fourth-order valence-electron chi connectivity index (χ4n) is 2.11. The van der Waals surface area contributed by atoms with Crippen molar-refractivity contribution < 1.29 is 9.53 Å². The molecule has 0 radical (unpaired) electrons. The molecule has 0 amide bonds. The predicted octanol–water partition coefficient (Wildman–Crippen LogP) is 4.23. The van der Waals surface area contributed by atoms with Crippen LogP contribution in [0.1, 0.15) is 33.6 Å². The highest BCUT2D eigenvalue weighted by molar-refractivity contribution is 9.10. The van der Waals surface area contributed by atoms with E-state index in [1.807, 2.05) is 31.2 Å². The molecule has 0 aliphatic carbocycles. The number of nitrogens with one attached hydrogen (secondary N) is 1. The number of hydrogen-bond donors (Lipinski definition) is 1. The molecule has 0 aliphatic heterocycles. The van der Waals surface area contributed by atoms with Crippen LogP contribution in [-0.2, 0) is 9.53 Å². The number of carbonyl (C=O) groups excluding carboxylic acids is 1. The van der Waals surface area contributed by atoms with E-state index in [-0.39, 0.29) is 17.9 Å². The molecule has 0 saturated carbocycles. The zero-order chi connectivity index (χ0) is 14.3. The van der Waals surface area contributed by atoms with Crippen molar-refractivity contribution in [3.63, 3.8) is 0 Å². The number of carbonyl (C=O) groups is 1. The Bertz CT molecular complexity index is 405. The Morgan fingerprint density at radius 3 is 2.42 bits per heavy atom. The van der Waals surface area contributed by atoms with Crippen molar-refractivity contribution in [3.05, 3.63) is 28.7 Å². The van der Waals surface area contributed by atoms with Crippen LogP contribution in [0, 0.1) is 5.92 Å². The summed E-state index contributed by atoms with van der Waals surface area (Å²) in [6.45, 7) is 6.44. The molecular formula is C15H22BrNO2. The maximum absolute atomic E-state index is 12.1. The third-order valence-corrected chi connectivity index (χ3v) is 3.94. The molecule has 1 aromatic carbocycles. The van der Waals surface area contributed by atoms with E-state index in [1.165, 1.54) is 0 Å². The minimum absolute atomic E-state index is 0.174. The van der Waals surface area contributed by atoms with E-state index < -0.39 is 0 Å². The van der Waals surface area contributed by atoms with E-state index in [1.54, 1.807) is 0 Å². The minimum Gasteiger partial charge on any atom is -0.464 e. The van der Waals surface area contributed by atoms with Crippen LogP contribution in [0.15, 0.2) is 28.7 Å². The van der Waals surface area contributed by atoms with Crippen LogP contribution >= 0.6 is 15.9 Å². The number of hydrogen-bond acceptors (Lipinski definition) is 3. The lowest BCUT2D eigenvalue weighted by molar-refractivity contribution is -0.145. The molecule has 3 nitrogen and oxygen atoms in total. The van der Waals surface area contributed by atoms with Gasteiger partial charge in [-0.15, -0.1) is 0 Å². The van der Waals surface area contributed by atoms with Crippen molar-refractivity contribution in [1.82, 2.24) is 0 Å². The maximum atomic E-state index is 12.1. The summed E-state index contributed by atoms with van der Waals surface area (Å²) in [4.78, 5) is 12.1. The monoisotopic (exact) mass is 327 g/mol. The Morgan fingerprint density at radius 1 is 1.26 bits per heavy atom. The van der Waals surface area contributed by atoms with Crippen molar-refractivity contribution in [2.75, 3.05) is 11.9 Å². The Kier molecular flexibility index (Phi) is 6.92. The molecule has 1 unspecified atom stereocenters. The second kappa shape index (κ2) is 8.20. The van der Waals surface area contributed by atoms with Gasteiger partial charge in [-0.05, 0) is 40.9 Å². The highest BCUT2D eigenvalue weighted by Gasteiger charge is 2.27. The van der Waals surface area contributed by atoms with Crippen LogP contribution in [-0.4, -0.2) is 18.6 Å². The number of benzene rings is 1. The van der Waals surface area contributed by atoms with E-state index in [4.69, 9.17) is 4.74 Å². The summed E-state index contributed by atoms with van der Waals surface area (Å²) in [6.07, 6.45) is 1.88. The molecule has 1 N–H and O–H groups in total. The van der Waals surface area contributed by atoms with Gasteiger partial charge in [0.25, 0.3) is 0 Å². The summed E-state index contributed by atoms with van der Waals surface area (Å²) in [7, 11) is 0. The molecule has 0 saturated heterocycles. The van der Waals surface area contributed by atoms with Gasteiger partial charge in [-0.2, -0.15) is 0 Å². The molecule has 1 rings (SSSR count). The van der Waals surface area contributed by atoms with Crippen molar-refractivity contribution in [1.29, 1.82) is 0 Å². The van der Waals surface area contributed by atoms with Gasteiger partial charge in [0, 0.05) is 10.2 Å². The third-order valence-electron chi connectivity index (χ3n) is 3.25. The topological polar surface area (TPSA) is 38.3 Å². The Hall–Kier alpha value is -1.03. The Morgan fingerprint density at radius 2 is 1.89 bits per heavy atom. The van der Waals surface area contributed by atoms with Crippen LogP contribution in [0.4, 0.5) is 5.69 Å². The number of rotatable bonds is 7. The Labute approximate surface area is 123 Å². The van der Waals surface area contributed by atoms with Gasteiger partial charge in [0.1, 0.15) is 6.04 Å². The second-order valence-corrected chi connectivity index (χ2v) is 5.28. The lowest BCUT2D eigenvalue weighted by atomic mass is 9.94. The first-order valence-electron chi connectivity index (χ1n) is 6.81. The van der Waals surface area contributed by atoms with Crippen LogP contribution in [0.25, 0.3) is 0 Å². The lowest BCUT2D eigenvalue weighted by Crippen LogP contribution is -2.38. The van der Waals surface area contributed by atoms with E-state index in [9.17, 15) is 4.79 Å². The van der Waals surface area contributed by atoms with Gasteiger partial charge in [-0.25, -0.2) is 4.79 Å². The van der Waals surface area contributed by atoms with Crippen LogP contribution in [0.2, 0.25) is 0 Å². The largest absolute Gasteiger partial charge is 0.464 e. The van der Waals surface area contributed by atoms with Gasteiger partial charge >= 0.3 is 5.97 Å². The zero-order valence-corrected chi connectivity index (χ0v) is 13.4. The molecule has 106 valence electrons. The third kappa shape index (κ3) is 4.53. The van der Waals surface area contributed by atoms with Crippen molar-refractivity contribution in [2.24, 2.45) is 5.92 Å². The lowest BCUT2D eigenvalue weighted by Gasteiger charge is -2.26. The fourth-order valence-corrected chi connectivity index (χ4v) is 2.51. The quantitative estimate of drug-likeness (QED) is 0.761. The smallest absolute Gasteiger partial charge is 0.328 e. The zero-order valence-electron chi connectivity index (χ0n) is 11.8. The van der Waals surface area contributed by atoms with Crippen molar-refractivity contribution in [2.45, 2.75) is 39.7 Å². The van der Waals surface area contributed by atoms with Crippen molar-refractivity contribution in [3.8, 4) is 0 Å². The molecule has 1 atom stereocenters. The predicted molar refractivity (Wildman–Crippen MR) is 82.3 cm³/mol. The molecule has 0 spiro atoms. The molecule has 0 heterocycles. The first-order valence-corrected chi connectivity index (χ1v) is 7.60. The minimum atomic E-state index is -0.298. The van der Waals surface area contributed by atoms with Crippen LogP contribution < -0.4 is 5.32 Å². The highest BCUT2D eigenvalue weighted by Crippen LogP contribution is 2.25. The molecule has 0 bridgehead atoms. The molecule has 19 heavy (non-hydrogen) atoms. The normalized spacial score (nSPS) is 12.3. The van der Waals surface area contributed by atoms with Gasteiger partial charge < -0.3 is 10.1 Å². The first kappa shape index (κ1) is 16.0. The van der Waals surface area contributed by atoms with Gasteiger partial charge in [0.05, 0.1) is 6.61 Å². The molecule has 0 aliphatic rings. The van der Waals surface area contributed by atoms with Gasteiger partial charge in [-0.3, -0.25) is 0 Å². The number of anilines is 1. The SMILES string of the molecule is CCOC(=O)C(Nc1ccccc1Br)C(CC)CC. The second-order valence-electron chi connectivity index (χ2n) is 4.43. The number of halogens is 1. The summed E-state index contributed by atoms with van der Waals surface area (Å²) >= 11 is 3.49. The van der Waals surface area contributed by atoms with Crippen molar-refractivity contribution >= 4 is 27.6 Å². The molecular weight excluding hydrogens is 306 g/mol. The van der Waals surface area contributed by atoms with Gasteiger partial charge in [0.15, 0.2) is 0 Å². The van der Waals surface area contributed by atoms with E-state index in [0.717, 1.165) is 23.0 Å². The van der Waals surface area contributed by atoms with Gasteiger partial charge in [0.2, 0.25) is 0 Å². The summed E-state index contributed by atoms with van der Waals surface area (Å²) in [5, 5.41) is 3.31. The number of ether oxygens (including phenoxy) is 1. The number of para-hydroxylation sites is 1. The molecule has 4 heteroatoms. The standard InChI is InChI=1S/C15H22BrNO2/c1-4-11(5-2)14(15(18)19-6-3)17-13-10-8-7-9-12(13)16/h7-11,14,17H,4-6H2,1-3H3. The summed E-state index contributed by atoms with van der Waals surface area (Å²) < 4.78 is 6.14. The maximum Gasteiger partial charge on any atom is 0.328 e. The first-order chi connectivity index (χ1) is 9.13. The average molecular weight is 328 g/mol. The van der Waals surface area contributed by atoms with Crippen LogP contribution in [0.3, 0.4) is 0 Å². The van der Waals surface area contributed by atoms with Gasteiger partial charge in [-0.1, -0.05) is 38.8 Å². The molecule has 1 aromatic rings. The average Bonchev–Trinajstić information content (AvgIpc) is 2.41. The summed E-state index contributed by atoms with van der Waals surface area (Å²) in [5.41, 5.74) is 0.924. The fraction of sp³-hybridized carbons (Fsp3) is 0.533.